The summed E-state index contributed by atoms with van der Waals surface area (Å²) in [5.41, 5.74) is 42.3. The van der Waals surface area contributed by atoms with Crippen molar-refractivity contribution in [1.82, 2.24) is 19.5 Å². The molecule has 7 aromatic carbocycles. The van der Waals surface area contributed by atoms with Gasteiger partial charge in [-0.1, -0.05) is 87.4 Å². The summed E-state index contributed by atoms with van der Waals surface area (Å²) in [4.78, 5) is 16.6. The molecule has 0 saturated carbocycles. The molecule has 0 aliphatic carbocycles. The number of thiophene rings is 1. The fourth-order valence-corrected chi connectivity index (χ4v) is 15.7. The highest BCUT2D eigenvalue weighted by Crippen LogP contribution is 2.39. The third-order valence-electron chi connectivity index (χ3n) is 20.9. The van der Waals surface area contributed by atoms with E-state index in [1.54, 1.807) is 0 Å². The van der Waals surface area contributed by atoms with Gasteiger partial charge in [0.15, 0.2) is 17.5 Å². The first kappa shape index (κ1) is 54.0. The summed E-state index contributed by atoms with van der Waals surface area (Å²) in [5.74, 6) is 2.10. The second kappa shape index (κ2) is 18.3. The predicted octanol–water partition coefficient (Wildman–Crippen LogP) is -33.0. The first-order chi connectivity index (χ1) is 36.1. The van der Waals surface area contributed by atoms with Crippen LogP contribution >= 0.6 is 11.3 Å². The molecule has 0 bridgehead atoms. The Morgan fingerprint density at radius 1 is 0.247 bits per heavy atom. The van der Waals surface area contributed by atoms with Gasteiger partial charge in [-0.15, -0.1) is 60.5 Å². The predicted molar refractivity (Wildman–Crippen MR) is 423 cm³/mol. The van der Waals surface area contributed by atoms with Crippen molar-refractivity contribution in [2.24, 2.45) is 0 Å². The Labute approximate surface area is 481 Å². The lowest BCUT2D eigenvalue weighted by atomic mass is 9.60. The molecule has 0 aliphatic rings. The molecule has 0 radical (unpaired) electrons. The van der Waals surface area contributed by atoms with E-state index in [1.165, 1.54) is 184 Å². The highest BCUT2D eigenvalue weighted by atomic mass is 32.1. The minimum atomic E-state index is 0.677. The number of benzene rings is 7. The van der Waals surface area contributed by atoms with Gasteiger partial charge >= 0.3 is 0 Å². The van der Waals surface area contributed by atoms with Crippen LogP contribution in [0.4, 0.5) is 0 Å². The molecule has 0 saturated heterocycles. The molecule has 11 aromatic rings. The molecule has 77 heavy (non-hydrogen) atoms. The smallest absolute Gasteiger partial charge is 0.163 e. The maximum absolute atomic E-state index is 7.41. The minimum absolute atomic E-state index is 0.677. The molecule has 0 amide bonds. The Balaban J connectivity index is 1.28. The zero-order valence-electron chi connectivity index (χ0n) is 51.1. The number of fused-ring (bicyclic) bond motifs is 10. The maximum atomic E-state index is 7.41. The number of rotatable bonds is 4. The summed E-state index contributed by atoms with van der Waals surface area (Å²) in [6.07, 6.45) is 0. The average molecular weight is 978 g/mol. The first-order valence-corrected chi connectivity index (χ1v) is 28.6. The summed E-state index contributed by atoms with van der Waals surface area (Å²) in [6, 6.07) is 0. The van der Waals surface area contributed by atoms with Crippen molar-refractivity contribution in [2.45, 2.75) is 0 Å². The molecule has 4 aromatic heterocycles. The highest BCUT2D eigenvalue weighted by molar-refractivity contribution is 7.28. The normalized spacial score (nSPS) is 11.9. The van der Waals surface area contributed by atoms with Crippen molar-refractivity contribution in [3.8, 4) is 39.9 Å². The Bertz CT molecular complexity index is 4520. The zero-order chi connectivity index (χ0) is 56.1. The van der Waals surface area contributed by atoms with E-state index < -0.39 is 0 Å². The third-order valence-corrected chi connectivity index (χ3v) is 22.2. The van der Waals surface area contributed by atoms with Gasteiger partial charge in [-0.2, -0.15) is 0 Å². The van der Waals surface area contributed by atoms with E-state index in [1.807, 2.05) is 11.3 Å². The fraction of sp³-hybridized carbons (Fsp3) is 0. The van der Waals surface area contributed by atoms with E-state index in [0.717, 1.165) is 44.2 Å². The van der Waals surface area contributed by atoms with Gasteiger partial charge < -0.3 is 8.98 Å². The zero-order valence-corrected chi connectivity index (χ0v) is 51.9. The summed E-state index contributed by atoms with van der Waals surface area (Å²) in [5, 5.41) is 7.93. The highest BCUT2D eigenvalue weighted by Gasteiger charge is 2.31. The van der Waals surface area contributed by atoms with Crippen molar-refractivity contribution in [3.63, 3.8) is 0 Å². The summed E-state index contributed by atoms with van der Waals surface area (Å²) >= 11 is 2.00. The average Bonchev–Trinajstić information content (AvgIpc) is 4.14. The Hall–Kier alpha value is -4.94. The Morgan fingerprint density at radius 3 is 1.05 bits per heavy atom. The lowest BCUT2D eigenvalue weighted by Gasteiger charge is -2.23. The van der Waals surface area contributed by atoms with E-state index in [-0.39, 0.29) is 0 Å². The van der Waals surface area contributed by atoms with Crippen molar-refractivity contribution >= 4 is 421 Å². The fourth-order valence-electron chi connectivity index (χ4n) is 14.1. The maximum Gasteiger partial charge on any atom is 0.163 e. The number of aromatic nitrogens is 4. The molecule has 11 rings (SSSR count). The van der Waals surface area contributed by atoms with Gasteiger partial charge in [-0.05, 0) is 21.6 Å². The van der Waals surface area contributed by atoms with Gasteiger partial charge in [0.2, 0.25) is 0 Å². The van der Waals surface area contributed by atoms with Crippen LogP contribution in [-0.2, 0) is 0 Å². The Kier molecular flexibility index (Phi) is 12.8. The van der Waals surface area contributed by atoms with Crippen LogP contribution < -0.4 is 142 Å². The molecule has 4 heterocycles. The van der Waals surface area contributed by atoms with Crippen molar-refractivity contribution in [2.75, 3.05) is 0 Å². The van der Waals surface area contributed by atoms with E-state index in [2.05, 4.69) is 209 Å². The van der Waals surface area contributed by atoms with E-state index in [4.69, 9.17) is 19.4 Å². The molecule has 32 heteroatoms. The quantitative estimate of drug-likeness (QED) is 0.165. The minimum Gasteiger partial charge on any atom is -0.457 e. The van der Waals surface area contributed by atoms with E-state index in [0.29, 0.717) is 17.5 Å². The van der Waals surface area contributed by atoms with Gasteiger partial charge in [0.05, 0.1) is 10.2 Å². The van der Waals surface area contributed by atoms with Crippen LogP contribution in [0, 0.1) is 0 Å². The first-order valence-electron chi connectivity index (χ1n) is 27.8. The van der Waals surface area contributed by atoms with Crippen LogP contribution in [0.2, 0.25) is 0 Å². The van der Waals surface area contributed by atoms with Gasteiger partial charge in [0.1, 0.15) is 215 Å². The van der Waals surface area contributed by atoms with Crippen LogP contribution in [0.25, 0.3) is 104 Å². The van der Waals surface area contributed by atoms with Crippen molar-refractivity contribution in [1.29, 1.82) is 0 Å². The molecule has 0 unspecified atom stereocenters. The molecular formula is C45H52B26N4OS. The second-order valence-corrected chi connectivity index (χ2v) is 24.9. The number of furan rings is 1. The number of hydrogen-bond acceptors (Lipinski definition) is 5. The molecule has 342 valence electrons. The van der Waals surface area contributed by atoms with Gasteiger partial charge in [0, 0.05) is 48.8 Å². The molecular weight excluding hydrogens is 926 g/mol. The number of nitrogens with zero attached hydrogens (tertiary/aromatic N) is 4. The molecule has 0 aliphatic heterocycles. The van der Waals surface area contributed by atoms with Crippen LogP contribution in [0.5, 0.6) is 0 Å². The van der Waals surface area contributed by atoms with Gasteiger partial charge in [-0.25, -0.2) is 15.0 Å². The van der Waals surface area contributed by atoms with Crippen molar-refractivity contribution in [3.05, 3.63) is 0 Å². The largest absolute Gasteiger partial charge is 0.457 e. The van der Waals surface area contributed by atoms with Crippen LogP contribution in [0.1, 0.15) is 0 Å². The van der Waals surface area contributed by atoms with Gasteiger partial charge in [-0.3, -0.25) is 0 Å². The lowest BCUT2D eigenvalue weighted by Crippen LogP contribution is -2.55. The molecule has 0 atom stereocenters. The Morgan fingerprint density at radius 2 is 0.558 bits per heavy atom. The number of hydrogen-bond donors (Lipinski definition) is 0. The lowest BCUT2D eigenvalue weighted by molar-refractivity contribution is 0.674. The molecule has 0 N–H and O–H groups in total. The SMILES string of the molecule is Bc1c(B)c(B)c(-c2nc(-c3c(B)c(B)c(B)c(B)c3B)nc(-c3c(B)c(B)c4c(oc5c(B)c(B)c(-n6c7c(B)c(B)c(B)c(B)c7c7c(B)c(B)c8c(sc9c(B)c(B)c(B)c(B)c98)c76)c(B)c54)c3B)n2)c(B)c1B. The van der Waals surface area contributed by atoms with Gasteiger partial charge in [0.25, 0.3) is 0 Å². The standard InChI is InChI=1S/C45H52B26N4OS/c46-10-2-1-11(47)22(58)30(66)32(68)36(1)75(37(2)42-6(13(10)49)5-14(50)23(59)31(67)35(71)41(5)77-42)38-20(56)4-3-12(48)15(51)9(21(57)39(3)76-40(4)34(70)33(38)69)45-73-43(7-16(52)24(60)28(64)25(61)17(7)53)72-44(74-45)8-18(54)26(62)29(65)27(63)19(8)55/h46-71H2. The topological polar surface area (TPSA) is 56.7 Å². The van der Waals surface area contributed by atoms with E-state index in [9.17, 15) is 0 Å². The molecule has 5 nitrogen and oxygen atoms in total. The van der Waals surface area contributed by atoms with E-state index >= 15 is 0 Å². The summed E-state index contributed by atoms with van der Waals surface area (Å²) < 4.78 is 12.9. The monoisotopic (exact) mass is 983 g/mol. The van der Waals surface area contributed by atoms with Crippen LogP contribution in [-0.4, -0.2) is 224 Å². The molecule has 0 fully saturated rings. The third kappa shape index (κ3) is 7.06. The van der Waals surface area contributed by atoms with Crippen LogP contribution in [0.3, 0.4) is 0 Å². The molecule has 0 spiro atoms. The second-order valence-electron chi connectivity index (χ2n) is 23.8. The van der Waals surface area contributed by atoms with Crippen LogP contribution in [0.15, 0.2) is 4.42 Å². The summed E-state index contributed by atoms with van der Waals surface area (Å²) in [6.45, 7) is 0. The van der Waals surface area contributed by atoms with Crippen molar-refractivity contribution < 1.29 is 4.42 Å². The summed E-state index contributed by atoms with van der Waals surface area (Å²) in [7, 11) is 59.5.